The molecule has 2 amide bonds. The van der Waals surface area contributed by atoms with Crippen LogP contribution in [0.5, 0.6) is 11.5 Å². The summed E-state index contributed by atoms with van der Waals surface area (Å²) in [5.41, 5.74) is 2.35. The van der Waals surface area contributed by atoms with Gasteiger partial charge in [-0.15, -0.1) is 0 Å². The minimum atomic E-state index is -0.300. The Kier molecular flexibility index (Phi) is 7.12. The third-order valence-electron chi connectivity index (χ3n) is 3.94. The van der Waals surface area contributed by atoms with Gasteiger partial charge >= 0.3 is 0 Å². The highest BCUT2D eigenvalue weighted by Gasteiger charge is 2.20. The van der Waals surface area contributed by atoms with E-state index in [-0.39, 0.29) is 11.8 Å². The van der Waals surface area contributed by atoms with E-state index < -0.39 is 0 Å². The largest absolute Gasteiger partial charge is 0.493 e. The van der Waals surface area contributed by atoms with Gasteiger partial charge < -0.3 is 19.7 Å². The second kappa shape index (κ2) is 9.32. The van der Waals surface area contributed by atoms with Crippen LogP contribution in [0.1, 0.15) is 26.3 Å². The molecule has 0 saturated carbocycles. The molecule has 6 nitrogen and oxygen atoms in total. The smallest absolute Gasteiger partial charge is 0.255 e. The molecule has 0 atom stereocenters. The number of thioether (sulfide) groups is 1. The first-order valence-electron chi connectivity index (χ1n) is 8.28. The fraction of sp³-hybridized carbons (Fsp3) is 0.300. The van der Waals surface area contributed by atoms with Gasteiger partial charge in [-0.1, -0.05) is 12.1 Å². The summed E-state index contributed by atoms with van der Waals surface area (Å²) in [6, 6.07) is 10.6. The van der Waals surface area contributed by atoms with Crippen LogP contribution in [-0.2, 0) is 5.75 Å². The molecule has 0 saturated heterocycles. The lowest BCUT2D eigenvalue weighted by Gasteiger charge is -2.18. The van der Waals surface area contributed by atoms with E-state index in [0.717, 1.165) is 11.3 Å². The van der Waals surface area contributed by atoms with Crippen molar-refractivity contribution < 1.29 is 19.1 Å². The third-order valence-corrected chi connectivity index (χ3v) is 4.56. The monoisotopic (exact) mass is 388 g/mol. The second-order valence-corrected chi connectivity index (χ2v) is 6.90. The highest BCUT2D eigenvalue weighted by Crippen LogP contribution is 2.34. The molecule has 0 fully saturated rings. The van der Waals surface area contributed by atoms with Crippen LogP contribution in [0, 0.1) is 0 Å². The normalized spacial score (nSPS) is 10.3. The Labute approximate surface area is 163 Å². The number of amides is 2. The number of anilines is 1. The average molecular weight is 388 g/mol. The van der Waals surface area contributed by atoms with Crippen LogP contribution in [0.4, 0.5) is 5.69 Å². The maximum absolute atomic E-state index is 12.7. The Morgan fingerprint density at radius 1 is 1.04 bits per heavy atom. The van der Waals surface area contributed by atoms with Crippen molar-refractivity contribution in [3.63, 3.8) is 0 Å². The summed E-state index contributed by atoms with van der Waals surface area (Å²) in [6.45, 7) is 0. The molecule has 0 bridgehead atoms. The third kappa shape index (κ3) is 4.95. The zero-order chi connectivity index (χ0) is 20.0. The summed E-state index contributed by atoms with van der Waals surface area (Å²) in [7, 11) is 6.29. The quantitative estimate of drug-likeness (QED) is 0.786. The van der Waals surface area contributed by atoms with E-state index in [1.165, 1.54) is 19.1 Å². The Morgan fingerprint density at radius 3 is 2.15 bits per heavy atom. The van der Waals surface area contributed by atoms with Gasteiger partial charge in [-0.3, -0.25) is 9.59 Å². The number of carbonyl (C=O) groups is 2. The molecule has 0 aliphatic rings. The summed E-state index contributed by atoms with van der Waals surface area (Å²) >= 11 is 1.72. The van der Waals surface area contributed by atoms with Crippen LogP contribution in [-0.4, -0.2) is 51.3 Å². The molecule has 7 heteroatoms. The SMILES string of the molecule is COc1cc(NC(=O)c2ccc(CSC)cc2)c(C(=O)N(C)C)cc1OC. The Hall–Kier alpha value is -2.67. The first kappa shape index (κ1) is 20.6. The van der Waals surface area contributed by atoms with Crippen molar-refractivity contribution in [2.24, 2.45) is 0 Å². The predicted octanol–water partition coefficient (Wildman–Crippen LogP) is 3.52. The first-order valence-corrected chi connectivity index (χ1v) is 9.67. The van der Waals surface area contributed by atoms with E-state index in [0.29, 0.717) is 28.3 Å². The summed E-state index contributed by atoms with van der Waals surface area (Å²) in [4.78, 5) is 26.7. The number of hydrogen-bond donors (Lipinski definition) is 1. The molecule has 2 aromatic carbocycles. The van der Waals surface area contributed by atoms with E-state index in [1.54, 1.807) is 50.1 Å². The number of rotatable bonds is 7. The molecule has 144 valence electrons. The van der Waals surface area contributed by atoms with Crippen LogP contribution < -0.4 is 14.8 Å². The molecule has 0 aromatic heterocycles. The van der Waals surface area contributed by atoms with Gasteiger partial charge in [0.15, 0.2) is 11.5 Å². The molecule has 0 aliphatic carbocycles. The van der Waals surface area contributed by atoms with Crippen LogP contribution in [0.3, 0.4) is 0 Å². The van der Waals surface area contributed by atoms with Crippen LogP contribution in [0.25, 0.3) is 0 Å². The van der Waals surface area contributed by atoms with Crippen LogP contribution in [0.15, 0.2) is 36.4 Å². The van der Waals surface area contributed by atoms with Crippen molar-refractivity contribution in [2.45, 2.75) is 5.75 Å². The first-order chi connectivity index (χ1) is 12.9. The van der Waals surface area contributed by atoms with Gasteiger partial charge in [0.05, 0.1) is 25.5 Å². The van der Waals surface area contributed by atoms with Gasteiger partial charge in [-0.05, 0) is 30.0 Å². The van der Waals surface area contributed by atoms with Gasteiger partial charge in [0.2, 0.25) is 0 Å². The molecule has 2 aromatic rings. The number of benzene rings is 2. The maximum atomic E-state index is 12.7. The molecule has 1 N–H and O–H groups in total. The maximum Gasteiger partial charge on any atom is 0.255 e. The lowest BCUT2D eigenvalue weighted by molar-refractivity contribution is 0.0828. The van der Waals surface area contributed by atoms with Crippen molar-refractivity contribution in [3.05, 3.63) is 53.1 Å². The van der Waals surface area contributed by atoms with Crippen LogP contribution in [0.2, 0.25) is 0 Å². The van der Waals surface area contributed by atoms with Crippen molar-refractivity contribution in [1.29, 1.82) is 0 Å². The zero-order valence-electron chi connectivity index (χ0n) is 16.2. The van der Waals surface area contributed by atoms with E-state index in [4.69, 9.17) is 9.47 Å². The predicted molar refractivity (Wildman–Crippen MR) is 109 cm³/mol. The lowest BCUT2D eigenvalue weighted by atomic mass is 10.1. The number of methoxy groups -OCH3 is 2. The summed E-state index contributed by atoms with van der Waals surface area (Å²) in [5.74, 6) is 1.19. The summed E-state index contributed by atoms with van der Waals surface area (Å²) in [6.07, 6.45) is 2.03. The minimum absolute atomic E-state index is 0.249. The average Bonchev–Trinajstić information content (AvgIpc) is 2.67. The Morgan fingerprint density at radius 2 is 1.63 bits per heavy atom. The van der Waals surface area contributed by atoms with Gasteiger partial charge in [0.25, 0.3) is 11.8 Å². The fourth-order valence-corrected chi connectivity index (χ4v) is 3.04. The Bertz CT molecular complexity index is 819. The van der Waals surface area contributed by atoms with Gasteiger partial charge in [0, 0.05) is 31.5 Å². The molecule has 0 radical (unpaired) electrons. The number of ether oxygens (including phenoxy) is 2. The molecular weight excluding hydrogens is 364 g/mol. The van der Waals surface area contributed by atoms with Gasteiger partial charge in [-0.25, -0.2) is 0 Å². The molecule has 0 heterocycles. The van der Waals surface area contributed by atoms with Crippen molar-refractivity contribution in [1.82, 2.24) is 4.90 Å². The number of hydrogen-bond acceptors (Lipinski definition) is 5. The van der Waals surface area contributed by atoms with Gasteiger partial charge in [0.1, 0.15) is 0 Å². The van der Waals surface area contributed by atoms with Gasteiger partial charge in [-0.2, -0.15) is 11.8 Å². The highest BCUT2D eigenvalue weighted by atomic mass is 32.2. The molecule has 0 unspecified atom stereocenters. The zero-order valence-corrected chi connectivity index (χ0v) is 17.0. The standard InChI is InChI=1S/C20H24N2O4S/c1-22(2)20(24)15-10-17(25-3)18(26-4)11-16(15)21-19(23)14-8-6-13(7-9-14)12-27-5/h6-11H,12H2,1-5H3,(H,21,23). The molecular formula is C20H24N2O4S. The highest BCUT2D eigenvalue weighted by molar-refractivity contribution is 7.97. The van der Waals surface area contributed by atoms with Crippen molar-refractivity contribution in [3.8, 4) is 11.5 Å². The molecule has 0 spiro atoms. The molecule has 0 aliphatic heterocycles. The second-order valence-electron chi connectivity index (χ2n) is 6.04. The van der Waals surface area contributed by atoms with Crippen LogP contribution >= 0.6 is 11.8 Å². The number of nitrogens with one attached hydrogen (secondary N) is 1. The Balaban J connectivity index is 2.37. The summed E-state index contributed by atoms with van der Waals surface area (Å²) in [5, 5.41) is 2.81. The minimum Gasteiger partial charge on any atom is -0.493 e. The van der Waals surface area contributed by atoms with E-state index in [2.05, 4.69) is 5.32 Å². The lowest BCUT2D eigenvalue weighted by Crippen LogP contribution is -2.24. The topological polar surface area (TPSA) is 67.9 Å². The fourth-order valence-electron chi connectivity index (χ4n) is 2.51. The number of carbonyl (C=O) groups excluding carboxylic acids is 2. The van der Waals surface area contributed by atoms with Crippen molar-refractivity contribution >= 4 is 29.3 Å². The van der Waals surface area contributed by atoms with E-state index >= 15 is 0 Å². The molecule has 2 rings (SSSR count). The summed E-state index contributed by atoms with van der Waals surface area (Å²) < 4.78 is 10.6. The van der Waals surface area contributed by atoms with E-state index in [1.807, 2.05) is 18.4 Å². The molecule has 27 heavy (non-hydrogen) atoms. The number of nitrogens with zero attached hydrogens (tertiary/aromatic N) is 1. The van der Waals surface area contributed by atoms with Crippen molar-refractivity contribution in [2.75, 3.05) is 39.9 Å². The van der Waals surface area contributed by atoms with E-state index in [9.17, 15) is 9.59 Å².